The molecule has 0 aromatic heterocycles. The standard InChI is InChI=1S/C14H18FNO3/c1-9-7-10(15)4-5-12(9)13(14(17)18)16-8-11-3-2-6-19-11/h4-5,7,11,13,16H,2-3,6,8H2,1H3,(H,17,18). The van der Waals surface area contributed by atoms with E-state index in [1.165, 1.54) is 18.2 Å². The number of hydrogen-bond donors (Lipinski definition) is 2. The lowest BCUT2D eigenvalue weighted by molar-refractivity contribution is -0.139. The summed E-state index contributed by atoms with van der Waals surface area (Å²) in [6, 6.07) is 3.32. The van der Waals surface area contributed by atoms with Crippen molar-refractivity contribution in [3.05, 3.63) is 35.1 Å². The number of carboxylic acids is 1. The second-order valence-electron chi connectivity index (χ2n) is 4.82. The maximum absolute atomic E-state index is 13.1. The topological polar surface area (TPSA) is 58.6 Å². The molecule has 1 aliphatic rings. The van der Waals surface area contributed by atoms with Gasteiger partial charge in [-0.05, 0) is 43.0 Å². The van der Waals surface area contributed by atoms with Gasteiger partial charge in [0, 0.05) is 13.2 Å². The van der Waals surface area contributed by atoms with Gasteiger partial charge in [-0.15, -0.1) is 0 Å². The maximum Gasteiger partial charge on any atom is 0.325 e. The van der Waals surface area contributed by atoms with Crippen molar-refractivity contribution in [2.24, 2.45) is 0 Å². The molecular formula is C14H18FNO3. The van der Waals surface area contributed by atoms with E-state index in [1.807, 2.05) is 0 Å². The summed E-state index contributed by atoms with van der Waals surface area (Å²) in [7, 11) is 0. The number of aryl methyl sites for hydroxylation is 1. The molecule has 0 bridgehead atoms. The highest BCUT2D eigenvalue weighted by Gasteiger charge is 2.24. The smallest absolute Gasteiger partial charge is 0.325 e. The maximum atomic E-state index is 13.1. The molecule has 1 aromatic rings. The average Bonchev–Trinajstić information content (AvgIpc) is 2.84. The summed E-state index contributed by atoms with van der Waals surface area (Å²) in [6.45, 7) is 2.94. The number of aliphatic carboxylic acids is 1. The van der Waals surface area contributed by atoms with Gasteiger partial charge < -0.3 is 9.84 Å². The molecule has 0 saturated carbocycles. The average molecular weight is 267 g/mol. The van der Waals surface area contributed by atoms with Crippen LogP contribution in [0.15, 0.2) is 18.2 Å². The highest BCUT2D eigenvalue weighted by atomic mass is 19.1. The molecule has 1 aliphatic heterocycles. The van der Waals surface area contributed by atoms with Crippen LogP contribution in [0, 0.1) is 12.7 Å². The zero-order valence-corrected chi connectivity index (χ0v) is 10.9. The quantitative estimate of drug-likeness (QED) is 0.857. The van der Waals surface area contributed by atoms with Gasteiger partial charge in [0.15, 0.2) is 0 Å². The fourth-order valence-electron chi connectivity index (χ4n) is 2.35. The van der Waals surface area contributed by atoms with Crippen LogP contribution in [0.4, 0.5) is 4.39 Å². The fourth-order valence-corrected chi connectivity index (χ4v) is 2.35. The summed E-state index contributed by atoms with van der Waals surface area (Å²) in [5.41, 5.74) is 1.22. The SMILES string of the molecule is Cc1cc(F)ccc1C(NCC1CCCO1)C(=O)O. The molecule has 19 heavy (non-hydrogen) atoms. The van der Waals surface area contributed by atoms with Gasteiger partial charge in [0.05, 0.1) is 6.10 Å². The van der Waals surface area contributed by atoms with E-state index >= 15 is 0 Å². The van der Waals surface area contributed by atoms with E-state index < -0.39 is 12.0 Å². The fraction of sp³-hybridized carbons (Fsp3) is 0.500. The third kappa shape index (κ3) is 3.52. The molecule has 1 aromatic carbocycles. The second kappa shape index (κ2) is 6.12. The monoisotopic (exact) mass is 267 g/mol. The van der Waals surface area contributed by atoms with Crippen LogP contribution < -0.4 is 5.32 Å². The van der Waals surface area contributed by atoms with Crippen molar-refractivity contribution in [2.45, 2.75) is 31.9 Å². The first-order valence-electron chi connectivity index (χ1n) is 6.42. The van der Waals surface area contributed by atoms with E-state index in [0.717, 1.165) is 19.4 Å². The lowest BCUT2D eigenvalue weighted by Crippen LogP contribution is -2.34. The summed E-state index contributed by atoms with van der Waals surface area (Å²) in [5.74, 6) is -1.32. The molecule has 0 amide bonds. The van der Waals surface area contributed by atoms with Crippen molar-refractivity contribution in [3.63, 3.8) is 0 Å². The van der Waals surface area contributed by atoms with Gasteiger partial charge >= 0.3 is 5.97 Å². The summed E-state index contributed by atoms with van der Waals surface area (Å²) in [4.78, 5) is 11.3. The first kappa shape index (κ1) is 14.0. The van der Waals surface area contributed by atoms with E-state index in [4.69, 9.17) is 4.74 Å². The molecular weight excluding hydrogens is 249 g/mol. The summed E-state index contributed by atoms with van der Waals surface area (Å²) in [5, 5.41) is 12.3. The highest BCUT2D eigenvalue weighted by Crippen LogP contribution is 2.20. The zero-order valence-electron chi connectivity index (χ0n) is 10.9. The second-order valence-corrected chi connectivity index (χ2v) is 4.82. The Balaban J connectivity index is 2.08. The number of hydrogen-bond acceptors (Lipinski definition) is 3. The van der Waals surface area contributed by atoms with E-state index in [-0.39, 0.29) is 11.9 Å². The van der Waals surface area contributed by atoms with E-state index in [9.17, 15) is 14.3 Å². The normalized spacial score (nSPS) is 20.4. The van der Waals surface area contributed by atoms with E-state index in [2.05, 4.69) is 5.32 Å². The van der Waals surface area contributed by atoms with Crippen LogP contribution in [-0.4, -0.2) is 30.3 Å². The Morgan fingerprint density at radius 1 is 1.63 bits per heavy atom. The predicted octanol–water partition coefficient (Wildman–Crippen LogP) is 2.03. The molecule has 2 rings (SSSR count). The molecule has 2 N–H and O–H groups in total. The molecule has 104 valence electrons. The number of ether oxygens (including phenoxy) is 1. The molecule has 1 saturated heterocycles. The van der Waals surface area contributed by atoms with Gasteiger partial charge in [0.2, 0.25) is 0 Å². The van der Waals surface area contributed by atoms with E-state index in [0.29, 0.717) is 17.7 Å². The molecule has 5 heteroatoms. The largest absolute Gasteiger partial charge is 0.480 e. The number of benzene rings is 1. The first-order valence-corrected chi connectivity index (χ1v) is 6.42. The Morgan fingerprint density at radius 3 is 3.00 bits per heavy atom. The van der Waals surface area contributed by atoms with Crippen LogP contribution in [-0.2, 0) is 9.53 Å². The number of halogens is 1. The van der Waals surface area contributed by atoms with Crippen LogP contribution in [0.25, 0.3) is 0 Å². The summed E-state index contributed by atoms with van der Waals surface area (Å²) in [6.07, 6.45) is 2.03. The number of rotatable bonds is 5. The molecule has 2 unspecified atom stereocenters. The Morgan fingerprint density at radius 2 is 2.42 bits per heavy atom. The minimum absolute atomic E-state index is 0.0719. The van der Waals surface area contributed by atoms with Gasteiger partial charge in [-0.25, -0.2) is 4.39 Å². The Hall–Kier alpha value is -1.46. The molecule has 0 aliphatic carbocycles. The third-order valence-electron chi connectivity index (χ3n) is 3.36. The van der Waals surface area contributed by atoms with Crippen LogP contribution in [0.5, 0.6) is 0 Å². The Bertz CT molecular complexity index is 458. The van der Waals surface area contributed by atoms with Crippen molar-refractivity contribution in [3.8, 4) is 0 Å². The third-order valence-corrected chi connectivity index (χ3v) is 3.36. The minimum atomic E-state index is -0.965. The zero-order chi connectivity index (χ0) is 13.8. The number of nitrogens with one attached hydrogen (secondary N) is 1. The van der Waals surface area contributed by atoms with Gasteiger partial charge in [0.25, 0.3) is 0 Å². The van der Waals surface area contributed by atoms with Crippen LogP contribution >= 0.6 is 0 Å². The minimum Gasteiger partial charge on any atom is -0.480 e. The predicted molar refractivity (Wildman–Crippen MR) is 68.5 cm³/mol. The van der Waals surface area contributed by atoms with Gasteiger partial charge in [0.1, 0.15) is 11.9 Å². The van der Waals surface area contributed by atoms with Crippen molar-refractivity contribution in [1.29, 1.82) is 0 Å². The van der Waals surface area contributed by atoms with Gasteiger partial charge in [-0.1, -0.05) is 6.07 Å². The molecule has 1 fully saturated rings. The van der Waals surface area contributed by atoms with Crippen molar-refractivity contribution >= 4 is 5.97 Å². The van der Waals surface area contributed by atoms with Gasteiger partial charge in [-0.2, -0.15) is 0 Å². The Kier molecular flexibility index (Phi) is 4.50. The van der Waals surface area contributed by atoms with Crippen LogP contribution in [0.3, 0.4) is 0 Å². The van der Waals surface area contributed by atoms with Gasteiger partial charge in [-0.3, -0.25) is 10.1 Å². The van der Waals surface area contributed by atoms with Crippen LogP contribution in [0.2, 0.25) is 0 Å². The lowest BCUT2D eigenvalue weighted by atomic mass is 10.0. The number of carboxylic acid groups (broad SMARTS) is 1. The summed E-state index contributed by atoms with van der Waals surface area (Å²) >= 11 is 0. The molecule has 2 atom stereocenters. The van der Waals surface area contributed by atoms with Crippen LogP contribution in [0.1, 0.15) is 30.0 Å². The molecule has 1 heterocycles. The lowest BCUT2D eigenvalue weighted by Gasteiger charge is -2.19. The molecule has 0 spiro atoms. The molecule has 0 radical (unpaired) electrons. The summed E-state index contributed by atoms with van der Waals surface area (Å²) < 4.78 is 18.5. The highest BCUT2D eigenvalue weighted by molar-refractivity contribution is 5.76. The van der Waals surface area contributed by atoms with Crippen molar-refractivity contribution in [1.82, 2.24) is 5.32 Å². The first-order chi connectivity index (χ1) is 9.08. The Labute approximate surface area is 111 Å². The van der Waals surface area contributed by atoms with Crippen molar-refractivity contribution in [2.75, 3.05) is 13.2 Å². The molecule has 4 nitrogen and oxygen atoms in total. The van der Waals surface area contributed by atoms with Crippen molar-refractivity contribution < 1.29 is 19.0 Å². The van der Waals surface area contributed by atoms with E-state index in [1.54, 1.807) is 6.92 Å². The number of carbonyl (C=O) groups is 1.